The van der Waals surface area contributed by atoms with E-state index in [1.807, 2.05) is 121 Å². The van der Waals surface area contributed by atoms with E-state index < -0.39 is 51.4 Å². The molecule has 0 fully saturated rings. The molecule has 0 radical (unpaired) electrons. The van der Waals surface area contributed by atoms with E-state index in [2.05, 4.69) is 0 Å². The third-order valence-corrected chi connectivity index (χ3v) is 12.4. The van der Waals surface area contributed by atoms with Crippen LogP contribution >= 0.6 is 31.2 Å². The molecule has 0 N–H and O–H groups in total. The number of benzene rings is 4. The predicted octanol–water partition coefficient (Wildman–Crippen LogP) is 6.76. The molecule has 0 aliphatic heterocycles. The summed E-state index contributed by atoms with van der Waals surface area (Å²) in [6.45, 7) is 0. The molecule has 0 heterocycles. The van der Waals surface area contributed by atoms with Crippen molar-refractivity contribution in [3.63, 3.8) is 0 Å². The predicted molar refractivity (Wildman–Crippen MR) is 180 cm³/mol. The Labute approximate surface area is 274 Å². The van der Waals surface area contributed by atoms with Crippen LogP contribution in [0, 0.1) is 0 Å². The van der Waals surface area contributed by atoms with Crippen molar-refractivity contribution in [1.82, 2.24) is 0 Å². The van der Waals surface area contributed by atoms with E-state index in [0.717, 1.165) is 42.4 Å². The van der Waals surface area contributed by atoms with E-state index in [4.69, 9.17) is 0 Å². The maximum absolute atomic E-state index is 12.5. The van der Waals surface area contributed by atoms with E-state index >= 15 is 0 Å². The molecule has 0 spiro atoms. The van der Waals surface area contributed by atoms with E-state index in [1.165, 1.54) is 0 Å². The molecule has 0 saturated heterocycles. The molecule has 0 aliphatic rings. The van der Waals surface area contributed by atoms with Gasteiger partial charge in [-0.3, -0.25) is 0 Å². The summed E-state index contributed by atoms with van der Waals surface area (Å²) in [5, 5.41) is 6.07. The van der Waals surface area contributed by atoms with Crippen molar-refractivity contribution in [2.45, 2.75) is 0 Å². The first-order valence-electron chi connectivity index (χ1n) is 13.5. The normalized spacial score (nSPS) is 11.5. The summed E-state index contributed by atoms with van der Waals surface area (Å²) >= 11 is -2.50. The van der Waals surface area contributed by atoms with Gasteiger partial charge in [-0.1, -0.05) is 91.1 Å². The number of hydrogen-bond acceptors (Lipinski definition) is 4. The fourth-order valence-corrected chi connectivity index (χ4v) is 9.23. The fourth-order valence-electron chi connectivity index (χ4n) is 4.19. The average molecular weight is 708 g/mol. The van der Waals surface area contributed by atoms with Gasteiger partial charge in [0.2, 0.25) is 0 Å². The van der Waals surface area contributed by atoms with Crippen LogP contribution in [-0.4, -0.2) is 0 Å². The second kappa shape index (κ2) is 17.9. The van der Waals surface area contributed by atoms with Gasteiger partial charge in [-0.25, -0.2) is 0 Å². The van der Waals surface area contributed by atoms with Crippen molar-refractivity contribution in [3.05, 3.63) is 158 Å². The third kappa shape index (κ3) is 9.77. The topological polar surface area (TPSA) is 68.3 Å². The van der Waals surface area contributed by atoms with Crippen molar-refractivity contribution >= 4 is 73.6 Å². The first-order chi connectivity index (χ1) is 21.9. The summed E-state index contributed by atoms with van der Waals surface area (Å²) in [4.78, 5) is 0. The zero-order valence-electron chi connectivity index (χ0n) is 23.7. The molecule has 0 aromatic heterocycles. The Balaban J connectivity index is 0.000000189. The molecule has 4 unspecified atom stereocenters. The maximum atomic E-state index is 12.5. The van der Waals surface area contributed by atoms with Gasteiger partial charge in [0.25, 0.3) is 0 Å². The van der Waals surface area contributed by atoms with Crippen LogP contribution in [0.25, 0.3) is 0 Å². The molecule has 6 aromatic carbocycles. The van der Waals surface area contributed by atoms with Gasteiger partial charge in [-0.05, 0) is 48.5 Å². The SMILES string of the molecule is O=[P+](c1ccccc1)c1c[cH-]c([P+](=O)c2ccccc2)c1.O=[P+](c1ccccc1)c1c[cH-]c([P+](=O)c2ccccc2)c1.[F][Ti][F]. The zero-order chi connectivity index (χ0) is 32.0. The molecule has 45 heavy (non-hydrogen) atoms. The molecule has 0 amide bonds. The van der Waals surface area contributed by atoms with Crippen LogP contribution < -0.4 is 42.4 Å². The zero-order valence-corrected chi connectivity index (χ0v) is 28.8. The van der Waals surface area contributed by atoms with Crippen LogP contribution in [0.1, 0.15) is 0 Å². The molecule has 0 bridgehead atoms. The van der Waals surface area contributed by atoms with Crippen molar-refractivity contribution < 1.29 is 44.7 Å². The molecule has 6 rings (SSSR count). The molecule has 0 saturated carbocycles. The second-order valence-corrected chi connectivity index (χ2v) is 16.0. The standard InChI is InChI=1S/2C17H13O2P2.2FH.Ti/c2*18-20(14-7-3-1-4-8-14)16-11-12-17(13-16)21(19)15-9-5-2-6-10-15;;;/h2*1-13H;2*1H;/q2*+1;;;+2/p-2. The minimum atomic E-state index is -2.50. The van der Waals surface area contributed by atoms with Crippen LogP contribution in [0.5, 0.6) is 0 Å². The number of rotatable bonds is 8. The summed E-state index contributed by atoms with van der Waals surface area (Å²) in [6.07, 6.45) is 0. The average Bonchev–Trinajstić information content (AvgIpc) is 3.81. The Morgan fingerprint density at radius 3 is 0.911 bits per heavy atom. The van der Waals surface area contributed by atoms with Crippen LogP contribution in [0.3, 0.4) is 0 Å². The van der Waals surface area contributed by atoms with Gasteiger partial charge in [0.05, 0.1) is 21.2 Å². The Morgan fingerprint density at radius 2 is 0.644 bits per heavy atom. The van der Waals surface area contributed by atoms with Crippen LogP contribution in [0.4, 0.5) is 6.18 Å². The monoisotopic (exact) mass is 708 g/mol. The summed E-state index contributed by atoms with van der Waals surface area (Å²) in [7, 11) is -6.49. The summed E-state index contributed by atoms with van der Waals surface area (Å²) < 4.78 is 69.4. The summed E-state index contributed by atoms with van der Waals surface area (Å²) in [6, 6.07) is 48.2. The Bertz CT molecular complexity index is 1590. The van der Waals surface area contributed by atoms with Crippen LogP contribution in [0.2, 0.25) is 0 Å². The molecule has 0 aliphatic carbocycles. The van der Waals surface area contributed by atoms with Crippen LogP contribution in [-0.2, 0) is 38.5 Å². The van der Waals surface area contributed by atoms with Gasteiger partial charge in [0, 0.05) is 0 Å². The van der Waals surface area contributed by atoms with Gasteiger partial charge in [0.15, 0.2) is 21.2 Å². The van der Waals surface area contributed by atoms with Crippen LogP contribution in [0.15, 0.2) is 158 Å². The Kier molecular flexibility index (Phi) is 13.7. The molecule has 6 aromatic rings. The molecule has 11 heteroatoms. The quantitative estimate of drug-likeness (QED) is 0.0997. The number of halogens is 2. The minimum absolute atomic E-state index is 0.727. The van der Waals surface area contributed by atoms with Gasteiger partial charge in [0.1, 0.15) is 0 Å². The van der Waals surface area contributed by atoms with E-state index in [1.54, 1.807) is 36.4 Å². The van der Waals surface area contributed by atoms with E-state index in [9.17, 15) is 24.4 Å². The fraction of sp³-hybridized carbons (Fsp3) is 0. The summed E-state index contributed by atoms with van der Waals surface area (Å²) in [5.74, 6) is 0. The number of hydrogen-bond donors (Lipinski definition) is 0. The molecular formula is C34H26F2O4P4Ti+2. The first-order valence-corrected chi connectivity index (χ1v) is 19.7. The first kappa shape index (κ1) is 34.4. The van der Waals surface area contributed by atoms with Gasteiger partial charge in [-0.2, -0.15) is 0 Å². The van der Waals surface area contributed by atoms with Crippen molar-refractivity contribution in [3.8, 4) is 0 Å². The van der Waals surface area contributed by atoms with Gasteiger partial charge in [-0.15, -0.1) is 36.4 Å². The molecule has 222 valence electrons. The van der Waals surface area contributed by atoms with Crippen molar-refractivity contribution in [2.24, 2.45) is 0 Å². The van der Waals surface area contributed by atoms with Gasteiger partial charge < -0.3 is 0 Å². The van der Waals surface area contributed by atoms with E-state index in [-0.39, 0.29) is 0 Å². The molecule has 4 atom stereocenters. The van der Waals surface area contributed by atoms with E-state index in [0.29, 0.717) is 0 Å². The Hall–Kier alpha value is -3.45. The Morgan fingerprint density at radius 1 is 0.400 bits per heavy atom. The summed E-state index contributed by atoms with van der Waals surface area (Å²) in [5.41, 5.74) is 0. The van der Waals surface area contributed by atoms with Gasteiger partial charge >= 0.3 is 57.6 Å². The van der Waals surface area contributed by atoms with Crippen molar-refractivity contribution in [2.75, 3.05) is 0 Å². The third-order valence-electron chi connectivity index (χ3n) is 6.34. The molecule has 4 nitrogen and oxygen atoms in total. The molecular weight excluding hydrogens is 682 g/mol. The second-order valence-electron chi connectivity index (χ2n) is 9.25. The van der Waals surface area contributed by atoms with Crippen molar-refractivity contribution in [1.29, 1.82) is 0 Å².